The van der Waals surface area contributed by atoms with E-state index in [2.05, 4.69) is 9.97 Å². The molecule has 1 atom stereocenters. The zero-order valence-corrected chi connectivity index (χ0v) is 10.3. The van der Waals surface area contributed by atoms with E-state index in [-0.39, 0.29) is 5.88 Å². The molecule has 96 valence electrons. The van der Waals surface area contributed by atoms with Gasteiger partial charge in [0.15, 0.2) is 6.10 Å². The van der Waals surface area contributed by atoms with Crippen LogP contribution in [0.25, 0.3) is 11.0 Å². The molecule has 0 fully saturated rings. The summed E-state index contributed by atoms with van der Waals surface area (Å²) in [6.45, 7) is 0. The first-order valence-electron chi connectivity index (χ1n) is 5.81. The Kier molecular flexibility index (Phi) is 2.89. The molecule has 2 aromatic heterocycles. The van der Waals surface area contributed by atoms with Crippen molar-refractivity contribution in [3.63, 3.8) is 0 Å². The number of rotatable bonds is 3. The van der Waals surface area contributed by atoms with Crippen molar-refractivity contribution in [3.8, 4) is 5.88 Å². The lowest BCUT2D eigenvalue weighted by molar-refractivity contribution is 0.181. The summed E-state index contributed by atoms with van der Waals surface area (Å²) < 4.78 is 10.7. The monoisotopic (exact) mass is 256 g/mol. The number of aromatic nitrogens is 2. The van der Waals surface area contributed by atoms with Crippen LogP contribution in [0.3, 0.4) is 0 Å². The molecule has 2 heterocycles. The zero-order chi connectivity index (χ0) is 13.2. The molecule has 0 aliphatic carbocycles. The average molecular weight is 256 g/mol. The minimum Gasteiger partial charge on any atom is -0.480 e. The van der Waals surface area contributed by atoms with Crippen molar-refractivity contribution < 1.29 is 14.3 Å². The maximum Gasteiger partial charge on any atom is 0.238 e. The summed E-state index contributed by atoms with van der Waals surface area (Å²) in [5.41, 5.74) is 1.06. The highest BCUT2D eigenvalue weighted by molar-refractivity contribution is 5.77. The van der Waals surface area contributed by atoms with Crippen molar-refractivity contribution in [1.82, 2.24) is 9.97 Å². The van der Waals surface area contributed by atoms with E-state index in [1.807, 2.05) is 24.3 Å². The second-order valence-corrected chi connectivity index (χ2v) is 4.04. The number of furan rings is 1. The minimum absolute atomic E-state index is 0.287. The minimum atomic E-state index is -1.00. The van der Waals surface area contributed by atoms with Crippen molar-refractivity contribution in [2.45, 2.75) is 6.10 Å². The summed E-state index contributed by atoms with van der Waals surface area (Å²) in [6.07, 6.45) is 2.01. The van der Waals surface area contributed by atoms with E-state index in [4.69, 9.17) is 9.15 Å². The van der Waals surface area contributed by atoms with Crippen LogP contribution in [-0.2, 0) is 0 Å². The van der Waals surface area contributed by atoms with Gasteiger partial charge in [-0.1, -0.05) is 18.2 Å². The largest absolute Gasteiger partial charge is 0.480 e. The molecule has 0 radical (unpaired) electrons. The van der Waals surface area contributed by atoms with Gasteiger partial charge in [0.25, 0.3) is 0 Å². The Bertz CT molecular complexity index is 675. The van der Waals surface area contributed by atoms with E-state index >= 15 is 0 Å². The Morgan fingerprint density at radius 1 is 1.21 bits per heavy atom. The maximum absolute atomic E-state index is 10.3. The quantitative estimate of drug-likeness (QED) is 0.778. The molecule has 3 rings (SSSR count). The highest BCUT2D eigenvalue weighted by atomic mass is 16.5. The van der Waals surface area contributed by atoms with Gasteiger partial charge in [-0.3, -0.25) is 4.98 Å². The van der Waals surface area contributed by atoms with Gasteiger partial charge in [0.05, 0.1) is 7.11 Å². The number of hydrogen-bond donors (Lipinski definition) is 1. The zero-order valence-electron chi connectivity index (χ0n) is 10.3. The Balaban J connectivity index is 2.05. The fourth-order valence-electron chi connectivity index (χ4n) is 1.95. The summed E-state index contributed by atoms with van der Waals surface area (Å²) in [5.74, 6) is 0.704. The Labute approximate surface area is 109 Å². The van der Waals surface area contributed by atoms with Gasteiger partial charge in [-0.15, -0.1) is 0 Å². The Morgan fingerprint density at radius 2 is 2.00 bits per heavy atom. The number of aliphatic hydroxyl groups excluding tert-OH is 1. The lowest BCUT2D eigenvalue weighted by Crippen LogP contribution is -2.05. The fraction of sp³-hybridized carbons (Fsp3) is 0.143. The summed E-state index contributed by atoms with van der Waals surface area (Å²) in [4.78, 5) is 8.11. The number of methoxy groups -OCH3 is 1. The van der Waals surface area contributed by atoms with E-state index in [1.54, 1.807) is 6.07 Å². The molecule has 1 N–H and O–H groups in total. The van der Waals surface area contributed by atoms with E-state index in [0.717, 1.165) is 11.0 Å². The smallest absolute Gasteiger partial charge is 0.238 e. The van der Waals surface area contributed by atoms with Gasteiger partial charge < -0.3 is 14.3 Å². The molecule has 5 heteroatoms. The number of para-hydroxylation sites is 1. The van der Waals surface area contributed by atoms with Crippen LogP contribution in [0.2, 0.25) is 0 Å². The highest BCUT2D eigenvalue weighted by Crippen LogP contribution is 2.30. The SMILES string of the molecule is COc1nccnc1C(O)c1cc2ccccc2o1. The molecule has 0 spiro atoms. The number of aliphatic hydroxyl groups is 1. The molecule has 0 saturated carbocycles. The second-order valence-electron chi connectivity index (χ2n) is 4.04. The Hall–Kier alpha value is -2.40. The van der Waals surface area contributed by atoms with Crippen LogP contribution in [0.15, 0.2) is 47.1 Å². The summed E-state index contributed by atoms with van der Waals surface area (Å²) in [5, 5.41) is 11.3. The van der Waals surface area contributed by atoms with Crippen LogP contribution >= 0.6 is 0 Å². The predicted molar refractivity (Wildman–Crippen MR) is 68.9 cm³/mol. The molecule has 19 heavy (non-hydrogen) atoms. The molecule has 0 amide bonds. The molecular weight excluding hydrogens is 244 g/mol. The number of benzene rings is 1. The van der Waals surface area contributed by atoms with Crippen LogP contribution in [0.4, 0.5) is 0 Å². The molecule has 0 aliphatic heterocycles. The lowest BCUT2D eigenvalue weighted by atomic mass is 10.2. The fourth-order valence-corrected chi connectivity index (χ4v) is 1.95. The van der Waals surface area contributed by atoms with Crippen LogP contribution in [0.1, 0.15) is 17.6 Å². The first-order valence-corrected chi connectivity index (χ1v) is 5.81. The van der Waals surface area contributed by atoms with Gasteiger partial charge in [0, 0.05) is 17.8 Å². The van der Waals surface area contributed by atoms with Crippen LogP contribution < -0.4 is 4.74 Å². The average Bonchev–Trinajstić information content (AvgIpc) is 2.90. The van der Waals surface area contributed by atoms with Crippen molar-refractivity contribution in [1.29, 1.82) is 0 Å². The number of ether oxygens (including phenoxy) is 1. The first-order chi connectivity index (χ1) is 9.29. The second kappa shape index (κ2) is 4.70. The topological polar surface area (TPSA) is 68.4 Å². The van der Waals surface area contributed by atoms with Gasteiger partial charge in [-0.2, -0.15) is 0 Å². The van der Waals surface area contributed by atoms with E-state index < -0.39 is 6.10 Å². The van der Waals surface area contributed by atoms with Crippen molar-refractivity contribution in [2.75, 3.05) is 7.11 Å². The van der Waals surface area contributed by atoms with Gasteiger partial charge >= 0.3 is 0 Å². The summed E-state index contributed by atoms with van der Waals surface area (Å²) in [7, 11) is 1.48. The molecule has 5 nitrogen and oxygen atoms in total. The molecule has 0 aliphatic rings. The normalized spacial score (nSPS) is 12.5. The Morgan fingerprint density at radius 3 is 2.79 bits per heavy atom. The molecule has 3 aromatic rings. The van der Waals surface area contributed by atoms with Crippen LogP contribution in [-0.4, -0.2) is 22.2 Å². The standard InChI is InChI=1S/C14H12N2O3/c1-18-14-12(15-6-7-16-14)13(17)11-8-9-4-2-3-5-10(9)19-11/h2-8,13,17H,1H3. The molecule has 0 saturated heterocycles. The van der Waals surface area contributed by atoms with Crippen LogP contribution in [0.5, 0.6) is 5.88 Å². The molecule has 1 unspecified atom stereocenters. The molecule has 1 aromatic carbocycles. The van der Waals surface area contributed by atoms with Gasteiger partial charge in [-0.05, 0) is 12.1 Å². The third-order valence-electron chi connectivity index (χ3n) is 2.86. The van der Waals surface area contributed by atoms with Gasteiger partial charge in [0.1, 0.15) is 17.0 Å². The van der Waals surface area contributed by atoms with Crippen molar-refractivity contribution in [3.05, 3.63) is 54.2 Å². The first kappa shape index (κ1) is 11.7. The van der Waals surface area contributed by atoms with E-state index in [9.17, 15) is 5.11 Å². The van der Waals surface area contributed by atoms with Crippen LogP contribution in [0, 0.1) is 0 Å². The molecular formula is C14H12N2O3. The summed E-state index contributed by atoms with van der Waals surface area (Å²) in [6, 6.07) is 9.35. The predicted octanol–water partition coefficient (Wildman–Crippen LogP) is 2.31. The van der Waals surface area contributed by atoms with Gasteiger partial charge in [-0.25, -0.2) is 4.98 Å². The number of hydrogen-bond acceptors (Lipinski definition) is 5. The third-order valence-corrected chi connectivity index (χ3v) is 2.86. The highest BCUT2D eigenvalue weighted by Gasteiger charge is 2.21. The molecule has 0 bridgehead atoms. The number of nitrogens with zero attached hydrogens (tertiary/aromatic N) is 2. The summed E-state index contributed by atoms with van der Waals surface area (Å²) >= 11 is 0. The van der Waals surface area contributed by atoms with Gasteiger partial charge in [0.2, 0.25) is 5.88 Å². The van der Waals surface area contributed by atoms with Crippen molar-refractivity contribution >= 4 is 11.0 Å². The van der Waals surface area contributed by atoms with Crippen molar-refractivity contribution in [2.24, 2.45) is 0 Å². The van der Waals surface area contributed by atoms with E-state index in [0.29, 0.717) is 11.5 Å². The maximum atomic E-state index is 10.3. The van der Waals surface area contributed by atoms with E-state index in [1.165, 1.54) is 19.5 Å². The lowest BCUT2D eigenvalue weighted by Gasteiger charge is -2.09. The number of fused-ring (bicyclic) bond motifs is 1. The third kappa shape index (κ3) is 2.04.